The van der Waals surface area contributed by atoms with Gasteiger partial charge < -0.3 is 20.5 Å². The van der Waals surface area contributed by atoms with Crippen LogP contribution < -0.4 is 15.8 Å². The van der Waals surface area contributed by atoms with Crippen molar-refractivity contribution in [2.75, 3.05) is 37.9 Å². The molecule has 0 amide bonds. The van der Waals surface area contributed by atoms with E-state index in [1.807, 2.05) is 25.1 Å². The maximum absolute atomic E-state index is 5.84. The molecule has 0 aromatic heterocycles. The third kappa shape index (κ3) is 3.98. The fourth-order valence-corrected chi connectivity index (χ4v) is 1.36. The summed E-state index contributed by atoms with van der Waals surface area (Å²) in [6.07, 6.45) is 0.963. The summed E-state index contributed by atoms with van der Waals surface area (Å²) >= 11 is 0. The van der Waals surface area contributed by atoms with Crippen LogP contribution in [-0.4, -0.2) is 26.9 Å². The van der Waals surface area contributed by atoms with Crippen LogP contribution in [0.1, 0.15) is 13.3 Å². The van der Waals surface area contributed by atoms with Crippen molar-refractivity contribution in [3.8, 4) is 5.75 Å². The van der Waals surface area contributed by atoms with E-state index < -0.39 is 0 Å². The van der Waals surface area contributed by atoms with Crippen LogP contribution in [0.2, 0.25) is 0 Å². The monoisotopic (exact) mass is 224 g/mol. The Kier molecular flexibility index (Phi) is 5.50. The summed E-state index contributed by atoms with van der Waals surface area (Å²) in [5.41, 5.74) is 7.48. The van der Waals surface area contributed by atoms with E-state index in [1.54, 1.807) is 7.11 Å². The molecule has 0 spiro atoms. The van der Waals surface area contributed by atoms with Gasteiger partial charge in [-0.2, -0.15) is 0 Å². The number of rotatable bonds is 7. The van der Waals surface area contributed by atoms with E-state index in [0.29, 0.717) is 0 Å². The second-order valence-electron chi connectivity index (χ2n) is 3.43. The van der Waals surface area contributed by atoms with Gasteiger partial charge in [0.15, 0.2) is 0 Å². The van der Waals surface area contributed by atoms with Gasteiger partial charge in [0.05, 0.1) is 18.5 Å². The molecule has 0 aliphatic carbocycles. The van der Waals surface area contributed by atoms with Gasteiger partial charge in [-0.25, -0.2) is 0 Å². The molecule has 90 valence electrons. The summed E-state index contributed by atoms with van der Waals surface area (Å²) in [7, 11) is 1.64. The van der Waals surface area contributed by atoms with Crippen molar-refractivity contribution in [3.63, 3.8) is 0 Å². The van der Waals surface area contributed by atoms with Crippen LogP contribution in [0.15, 0.2) is 18.2 Å². The summed E-state index contributed by atoms with van der Waals surface area (Å²) in [5, 5.41) is 3.26. The van der Waals surface area contributed by atoms with Crippen LogP contribution in [-0.2, 0) is 4.74 Å². The molecule has 0 saturated carbocycles. The highest BCUT2D eigenvalue weighted by atomic mass is 16.5. The van der Waals surface area contributed by atoms with Crippen molar-refractivity contribution in [2.24, 2.45) is 0 Å². The zero-order chi connectivity index (χ0) is 11.8. The highest BCUT2D eigenvalue weighted by molar-refractivity contribution is 5.68. The standard InChI is InChI=1S/C12H20N2O2/c1-3-16-8-4-7-14-12-9-10(15-2)5-6-11(12)13/h5-6,9,14H,3-4,7-8,13H2,1-2H3. The predicted octanol–water partition coefficient (Wildman–Crippen LogP) is 2.12. The van der Waals surface area contributed by atoms with Gasteiger partial charge in [-0.3, -0.25) is 0 Å². The topological polar surface area (TPSA) is 56.5 Å². The molecule has 0 atom stereocenters. The quantitative estimate of drug-likeness (QED) is 0.550. The van der Waals surface area contributed by atoms with Crippen LogP contribution in [0.3, 0.4) is 0 Å². The summed E-state index contributed by atoms with van der Waals surface area (Å²) in [6, 6.07) is 5.58. The number of nitrogen functional groups attached to an aromatic ring is 1. The van der Waals surface area contributed by atoms with Crippen molar-refractivity contribution in [1.29, 1.82) is 0 Å². The highest BCUT2D eigenvalue weighted by Gasteiger charge is 2.00. The first-order valence-corrected chi connectivity index (χ1v) is 5.53. The first-order valence-electron chi connectivity index (χ1n) is 5.53. The van der Waals surface area contributed by atoms with Gasteiger partial charge >= 0.3 is 0 Å². The van der Waals surface area contributed by atoms with E-state index in [9.17, 15) is 0 Å². The van der Waals surface area contributed by atoms with E-state index >= 15 is 0 Å². The van der Waals surface area contributed by atoms with Crippen LogP contribution in [0.25, 0.3) is 0 Å². The Bertz CT molecular complexity index is 316. The number of anilines is 2. The molecule has 4 nitrogen and oxygen atoms in total. The van der Waals surface area contributed by atoms with Gasteiger partial charge in [-0.15, -0.1) is 0 Å². The molecule has 3 N–H and O–H groups in total. The number of nitrogens with one attached hydrogen (secondary N) is 1. The zero-order valence-electron chi connectivity index (χ0n) is 9.95. The number of methoxy groups -OCH3 is 1. The van der Waals surface area contributed by atoms with Crippen LogP contribution in [0, 0.1) is 0 Å². The first-order chi connectivity index (χ1) is 7.77. The van der Waals surface area contributed by atoms with Gasteiger partial charge in [-0.1, -0.05) is 0 Å². The molecule has 0 saturated heterocycles. The van der Waals surface area contributed by atoms with Gasteiger partial charge in [0, 0.05) is 25.8 Å². The fourth-order valence-electron chi connectivity index (χ4n) is 1.36. The molecule has 0 fully saturated rings. The predicted molar refractivity (Wildman–Crippen MR) is 67.0 cm³/mol. The van der Waals surface area contributed by atoms with E-state index in [2.05, 4.69) is 5.32 Å². The lowest BCUT2D eigenvalue weighted by Gasteiger charge is -2.10. The molecular formula is C12H20N2O2. The molecule has 0 heterocycles. The minimum atomic E-state index is 0.734. The molecular weight excluding hydrogens is 204 g/mol. The van der Waals surface area contributed by atoms with Crippen LogP contribution in [0.5, 0.6) is 5.75 Å². The molecule has 0 aliphatic rings. The van der Waals surface area contributed by atoms with Gasteiger partial charge in [-0.05, 0) is 25.5 Å². The molecule has 0 radical (unpaired) electrons. The third-order valence-electron chi connectivity index (χ3n) is 2.25. The maximum Gasteiger partial charge on any atom is 0.121 e. The average molecular weight is 224 g/mol. The molecule has 1 aromatic carbocycles. The van der Waals surface area contributed by atoms with Gasteiger partial charge in [0.1, 0.15) is 5.75 Å². The summed E-state index contributed by atoms with van der Waals surface area (Å²) in [6.45, 7) is 4.37. The normalized spacial score (nSPS) is 10.1. The first kappa shape index (κ1) is 12.6. The van der Waals surface area contributed by atoms with Crippen LogP contribution in [0.4, 0.5) is 11.4 Å². The van der Waals surface area contributed by atoms with Gasteiger partial charge in [0.2, 0.25) is 0 Å². The van der Waals surface area contributed by atoms with Crippen LogP contribution >= 0.6 is 0 Å². The molecule has 1 rings (SSSR count). The van der Waals surface area contributed by atoms with Crippen molar-refractivity contribution in [3.05, 3.63) is 18.2 Å². The number of ether oxygens (including phenoxy) is 2. The average Bonchev–Trinajstić information content (AvgIpc) is 2.31. The van der Waals surface area contributed by atoms with E-state index in [0.717, 1.165) is 43.3 Å². The Balaban J connectivity index is 2.40. The number of hydrogen-bond acceptors (Lipinski definition) is 4. The lowest BCUT2D eigenvalue weighted by atomic mass is 10.2. The fraction of sp³-hybridized carbons (Fsp3) is 0.500. The third-order valence-corrected chi connectivity index (χ3v) is 2.25. The minimum absolute atomic E-state index is 0.734. The lowest BCUT2D eigenvalue weighted by molar-refractivity contribution is 0.147. The number of hydrogen-bond donors (Lipinski definition) is 2. The van der Waals surface area contributed by atoms with E-state index in [4.69, 9.17) is 15.2 Å². The second-order valence-corrected chi connectivity index (χ2v) is 3.43. The largest absolute Gasteiger partial charge is 0.497 e. The smallest absolute Gasteiger partial charge is 0.121 e. The van der Waals surface area contributed by atoms with Crippen molar-refractivity contribution in [1.82, 2.24) is 0 Å². The Morgan fingerprint density at radius 2 is 2.19 bits per heavy atom. The van der Waals surface area contributed by atoms with Gasteiger partial charge in [0.25, 0.3) is 0 Å². The van der Waals surface area contributed by atoms with E-state index in [1.165, 1.54) is 0 Å². The molecule has 0 aliphatic heterocycles. The second kappa shape index (κ2) is 6.95. The number of benzene rings is 1. The molecule has 1 aromatic rings. The van der Waals surface area contributed by atoms with Crippen molar-refractivity contribution in [2.45, 2.75) is 13.3 Å². The Morgan fingerprint density at radius 1 is 1.38 bits per heavy atom. The summed E-state index contributed by atoms with van der Waals surface area (Å²) in [5.74, 6) is 0.807. The van der Waals surface area contributed by atoms with E-state index in [-0.39, 0.29) is 0 Å². The minimum Gasteiger partial charge on any atom is -0.497 e. The van der Waals surface area contributed by atoms with Crippen molar-refractivity contribution < 1.29 is 9.47 Å². The Morgan fingerprint density at radius 3 is 2.88 bits per heavy atom. The molecule has 0 unspecified atom stereocenters. The molecule has 4 heteroatoms. The highest BCUT2D eigenvalue weighted by Crippen LogP contribution is 2.24. The SMILES string of the molecule is CCOCCCNc1cc(OC)ccc1N. The molecule has 0 bridgehead atoms. The Hall–Kier alpha value is -1.42. The number of nitrogens with two attached hydrogens (primary N) is 1. The van der Waals surface area contributed by atoms with Crippen molar-refractivity contribution >= 4 is 11.4 Å². The summed E-state index contributed by atoms with van der Waals surface area (Å²) in [4.78, 5) is 0. The zero-order valence-corrected chi connectivity index (χ0v) is 9.95. The molecule has 16 heavy (non-hydrogen) atoms. The maximum atomic E-state index is 5.84. The Labute approximate surface area is 96.7 Å². The summed E-state index contributed by atoms with van der Waals surface area (Å²) < 4.78 is 10.4. The lowest BCUT2D eigenvalue weighted by Crippen LogP contribution is -2.07.